The Bertz CT molecular complexity index is 1620. The Morgan fingerprint density at radius 3 is 0.441 bits per heavy atom. The van der Waals surface area contributed by atoms with Gasteiger partial charge >= 0.3 is 0 Å². The standard InChI is InChI=1S/C18HBr37O3S/c19-1(20,3(23,24)5(27,28)7(31,32)9(35,36)11(39,40)13(43,44)15(47,48)17(51,52)53)2(21,22)4(25,26)6(29,30)8(33,34)10(37,38)12(41,42)14(45,46)16(49,50)18(54,55)58-59(56)57/h59H. The average molecular weight is 3250 g/mol. The second-order valence-electron chi connectivity index (χ2n) is 10.5. The molecule has 41 heteroatoms. The molecular weight excluding hydrogens is 3250 g/mol. The molecule has 0 saturated heterocycles. The highest BCUT2D eigenvalue weighted by atomic mass is 80.0. The molecule has 0 aliphatic heterocycles. The quantitative estimate of drug-likeness (QED) is 0.110. The maximum Gasteiger partial charge on any atom is 0.259 e. The normalized spacial score (nSPS) is 17.3. The van der Waals surface area contributed by atoms with Gasteiger partial charge in [0, 0.05) is 0 Å². The van der Waals surface area contributed by atoms with E-state index in [0.717, 1.165) is 0 Å². The van der Waals surface area contributed by atoms with Crippen LogP contribution in [-0.2, 0) is 15.2 Å². The number of rotatable bonds is 18. The Morgan fingerprint density at radius 2 is 0.322 bits per heavy atom. The molecule has 59 heavy (non-hydrogen) atoms. The van der Waals surface area contributed by atoms with Crippen LogP contribution in [0.5, 0.6) is 0 Å². The Kier molecular flexibility index (Phi) is 32.6. The SMILES string of the molecule is O=[SH](=O)OC(Br)(Br)C(Br)(Br)C(Br)(Br)C(Br)(Br)C(Br)(Br)C(Br)(Br)C(Br)(Br)C(Br)(Br)C(Br)(Br)C(Br)(Br)C(Br)(Br)C(Br)(Br)C(Br)(Br)C(Br)(Br)C(Br)(Br)C(Br)(Br)C(Br)(Br)C(Br)(Br)Br. The summed E-state index contributed by atoms with van der Waals surface area (Å²) in [6.07, 6.45) is 0. The van der Waals surface area contributed by atoms with E-state index in [9.17, 15) is 8.42 Å². The molecule has 0 aromatic carbocycles. The first-order valence-electron chi connectivity index (χ1n) is 12.0. The van der Waals surface area contributed by atoms with Gasteiger partial charge in [0.05, 0.1) is 0 Å². The van der Waals surface area contributed by atoms with Crippen molar-refractivity contribution in [2.75, 3.05) is 0 Å². The van der Waals surface area contributed by atoms with E-state index in [1.807, 2.05) is 0 Å². The van der Waals surface area contributed by atoms with Crippen molar-refractivity contribution in [2.24, 2.45) is 0 Å². The van der Waals surface area contributed by atoms with Gasteiger partial charge in [-0.25, -0.2) is 12.6 Å². The molecule has 0 aliphatic rings. The van der Waals surface area contributed by atoms with Gasteiger partial charge in [-0.2, -0.15) is 0 Å². The zero-order chi connectivity index (χ0) is 49.3. The molecule has 0 saturated carbocycles. The number of hydrogen-bond donors (Lipinski definition) is 1. The minimum Gasteiger partial charge on any atom is -0.239 e. The summed E-state index contributed by atoms with van der Waals surface area (Å²) in [5.74, 6) is 0. The van der Waals surface area contributed by atoms with Gasteiger partial charge in [-0.15, -0.1) is 0 Å². The lowest BCUT2D eigenvalue weighted by Crippen LogP contribution is -2.74. The largest absolute Gasteiger partial charge is 0.259 e. The van der Waals surface area contributed by atoms with Crippen LogP contribution in [0.4, 0.5) is 0 Å². The van der Waals surface area contributed by atoms with Crippen molar-refractivity contribution in [1.29, 1.82) is 0 Å². The van der Waals surface area contributed by atoms with E-state index in [2.05, 4.69) is 589 Å². The second kappa shape index (κ2) is 25.1. The summed E-state index contributed by atoms with van der Waals surface area (Å²) in [7, 11) is -3.36. The third kappa shape index (κ3) is 13.3. The summed E-state index contributed by atoms with van der Waals surface area (Å²) < 4.78 is 3.83. The minimum absolute atomic E-state index is 0.938. The molecule has 0 N–H and O–H groups in total. The van der Waals surface area contributed by atoms with Crippen LogP contribution in [-0.4, -0.2) is 65.7 Å². The van der Waals surface area contributed by atoms with Crippen molar-refractivity contribution < 1.29 is 12.6 Å². The van der Waals surface area contributed by atoms with E-state index in [1.54, 1.807) is 0 Å². The first kappa shape index (κ1) is 76.7. The van der Waals surface area contributed by atoms with Crippen molar-refractivity contribution in [2.45, 2.75) is 57.3 Å². The van der Waals surface area contributed by atoms with E-state index in [1.165, 1.54) is 0 Å². The maximum atomic E-state index is 11.7. The molecule has 0 rings (SSSR count). The van der Waals surface area contributed by atoms with Crippen LogP contribution in [0.3, 0.4) is 0 Å². The van der Waals surface area contributed by atoms with Crippen molar-refractivity contribution in [3.8, 4) is 0 Å². The molecule has 356 valence electrons. The van der Waals surface area contributed by atoms with E-state index < -0.39 is 68.3 Å². The Balaban J connectivity index is 7.89. The molecule has 0 atom stereocenters. The molecule has 0 aromatic rings. The van der Waals surface area contributed by atoms with Gasteiger partial charge in [0.25, 0.3) is 11.0 Å². The van der Waals surface area contributed by atoms with Crippen LogP contribution >= 0.6 is 589 Å². The Morgan fingerprint density at radius 1 is 0.203 bits per heavy atom. The average Bonchev–Trinajstić information content (AvgIpc) is 2.98. The van der Waals surface area contributed by atoms with E-state index in [-0.39, 0.29) is 0 Å². The van der Waals surface area contributed by atoms with Crippen LogP contribution in [0.2, 0.25) is 0 Å². The van der Waals surface area contributed by atoms with Crippen LogP contribution in [0, 0.1) is 0 Å². The van der Waals surface area contributed by atoms with Gasteiger partial charge in [-0.05, 0) is 31.9 Å². The fourth-order valence-electron chi connectivity index (χ4n) is 3.27. The van der Waals surface area contributed by atoms with E-state index >= 15 is 0 Å². The summed E-state index contributed by atoms with van der Waals surface area (Å²) in [6.45, 7) is 0. The number of thiol groups is 1. The molecule has 0 radical (unpaired) electrons. The summed E-state index contributed by atoms with van der Waals surface area (Å²) in [6, 6.07) is 0. The van der Waals surface area contributed by atoms with Crippen molar-refractivity contribution in [1.82, 2.24) is 0 Å². The fourth-order valence-corrected chi connectivity index (χ4v) is 41.6. The second-order valence-corrected chi connectivity index (χ2v) is 76.3. The monoisotopic (exact) mass is 3220 g/mol. The summed E-state index contributed by atoms with van der Waals surface area (Å²) >= 11 is 142. The predicted molar refractivity (Wildman–Crippen MR) is 391 cm³/mol. The number of hydrogen-bond acceptors (Lipinski definition) is 3. The van der Waals surface area contributed by atoms with Crippen LogP contribution in [0.25, 0.3) is 0 Å². The zero-order valence-corrected chi connectivity index (χ0v) is 84.2. The highest BCUT2D eigenvalue weighted by molar-refractivity contribution is 9.43. The van der Waals surface area contributed by atoms with Crippen LogP contribution < -0.4 is 0 Å². The lowest BCUT2D eigenvalue weighted by atomic mass is 10.0. The summed E-state index contributed by atoms with van der Waals surface area (Å²) in [5, 5.41) is 0. The molecule has 0 unspecified atom stereocenters. The predicted octanol–water partition coefficient (Wildman–Crippen LogP) is 26.6. The molecule has 0 bridgehead atoms. The highest BCUT2D eigenvalue weighted by Crippen LogP contribution is 2.84. The molecule has 3 nitrogen and oxygen atoms in total. The van der Waals surface area contributed by atoms with Gasteiger partial charge < -0.3 is 0 Å². The third-order valence-electron chi connectivity index (χ3n) is 6.83. The Labute approximate surface area is 653 Å². The van der Waals surface area contributed by atoms with Crippen molar-refractivity contribution in [3.05, 3.63) is 0 Å². The van der Waals surface area contributed by atoms with Gasteiger partial charge in [0.1, 0.15) is 48.5 Å². The molecule has 0 fully saturated rings. The summed E-state index contributed by atoms with van der Waals surface area (Å²) in [4.78, 5) is 0. The van der Waals surface area contributed by atoms with E-state index in [0.29, 0.717) is 0 Å². The first-order valence-corrected chi connectivity index (χ1v) is 42.4. The smallest absolute Gasteiger partial charge is 0.239 e. The van der Waals surface area contributed by atoms with Gasteiger partial charge in [-0.3, -0.25) is 0 Å². The molecule has 0 amide bonds. The van der Waals surface area contributed by atoms with Gasteiger partial charge in [-0.1, -0.05) is 558 Å². The highest BCUT2D eigenvalue weighted by Gasteiger charge is 2.84. The first-order chi connectivity index (χ1) is 24.7. The zero-order valence-electron chi connectivity index (χ0n) is 24.7. The lowest BCUT2D eigenvalue weighted by molar-refractivity contribution is 0.270. The maximum absolute atomic E-state index is 11.7. The molecule has 0 aliphatic carbocycles. The molecule has 0 heterocycles. The molecule has 0 aromatic heterocycles. The third-order valence-corrected chi connectivity index (χ3v) is 86.3. The lowest BCUT2D eigenvalue weighted by Gasteiger charge is -2.62. The molecule has 0 spiro atoms. The Hall–Kier alpha value is 17.7. The van der Waals surface area contributed by atoms with Gasteiger partial charge in [0.2, 0.25) is 3.42 Å². The van der Waals surface area contributed by atoms with Gasteiger partial charge in [0.15, 0.2) is 5.38 Å². The summed E-state index contributed by atoms with van der Waals surface area (Å²) in [5.41, 5.74) is 0. The fraction of sp³-hybridized carbons (Fsp3) is 1.00. The molecular formula is C18HBr37O3S. The minimum atomic E-state index is -3.36. The number of alkyl halides is 37. The topological polar surface area (TPSA) is 43.4 Å². The van der Waals surface area contributed by atoms with Crippen molar-refractivity contribution in [3.63, 3.8) is 0 Å². The van der Waals surface area contributed by atoms with E-state index in [4.69, 9.17) is 4.18 Å². The van der Waals surface area contributed by atoms with Crippen LogP contribution in [0.1, 0.15) is 0 Å². The van der Waals surface area contributed by atoms with Crippen molar-refractivity contribution >= 4 is 600 Å². The van der Waals surface area contributed by atoms with Crippen LogP contribution in [0.15, 0.2) is 0 Å². The number of halogens is 37.